The number of pyridine rings is 1. The van der Waals surface area contributed by atoms with Crippen LogP contribution in [0, 0.1) is 13.8 Å². The van der Waals surface area contributed by atoms with E-state index in [9.17, 15) is 0 Å². The van der Waals surface area contributed by atoms with Crippen molar-refractivity contribution in [2.75, 3.05) is 13.6 Å². The van der Waals surface area contributed by atoms with Crippen molar-refractivity contribution < 1.29 is 4.42 Å². The standard InChI is InChI=1S/C17H22N6O/c1-13-10-14(2)23(21-13)9-5-8-22(3)12-16-19-20-17(24-16)15-6-4-7-18-11-15/h4,6-7,10-11H,5,8-9,12H2,1-3H3. The van der Waals surface area contributed by atoms with Crippen molar-refractivity contribution in [1.82, 2.24) is 29.9 Å². The molecule has 7 heteroatoms. The smallest absolute Gasteiger partial charge is 0.249 e. The van der Waals surface area contributed by atoms with Gasteiger partial charge in [0.25, 0.3) is 0 Å². The lowest BCUT2D eigenvalue weighted by Gasteiger charge is -2.14. The second-order valence-electron chi connectivity index (χ2n) is 5.98. The van der Waals surface area contributed by atoms with Gasteiger partial charge in [0.2, 0.25) is 11.8 Å². The molecule has 0 atom stereocenters. The summed E-state index contributed by atoms with van der Waals surface area (Å²) < 4.78 is 7.76. The Hall–Kier alpha value is -2.54. The van der Waals surface area contributed by atoms with Crippen molar-refractivity contribution in [2.24, 2.45) is 0 Å². The zero-order valence-corrected chi connectivity index (χ0v) is 14.3. The molecule has 0 aromatic carbocycles. The first-order valence-corrected chi connectivity index (χ1v) is 8.04. The highest BCUT2D eigenvalue weighted by Crippen LogP contribution is 2.16. The fourth-order valence-electron chi connectivity index (χ4n) is 2.63. The highest BCUT2D eigenvalue weighted by molar-refractivity contribution is 5.49. The molecular formula is C17H22N6O. The molecule has 3 aromatic heterocycles. The van der Waals surface area contributed by atoms with Crippen LogP contribution in [0.25, 0.3) is 11.5 Å². The molecule has 0 N–H and O–H groups in total. The Balaban J connectivity index is 1.49. The predicted molar refractivity (Wildman–Crippen MR) is 90.2 cm³/mol. The predicted octanol–water partition coefficient (Wildman–Crippen LogP) is 2.47. The van der Waals surface area contributed by atoms with Crippen LogP contribution >= 0.6 is 0 Å². The minimum absolute atomic E-state index is 0.508. The van der Waals surface area contributed by atoms with Gasteiger partial charge < -0.3 is 4.42 Å². The van der Waals surface area contributed by atoms with Gasteiger partial charge in [-0.15, -0.1) is 10.2 Å². The largest absolute Gasteiger partial charge is 0.419 e. The minimum atomic E-state index is 0.508. The molecule has 3 rings (SSSR count). The second-order valence-corrected chi connectivity index (χ2v) is 5.98. The highest BCUT2D eigenvalue weighted by atomic mass is 16.4. The lowest BCUT2D eigenvalue weighted by Crippen LogP contribution is -2.21. The number of aryl methyl sites for hydroxylation is 3. The third-order valence-corrected chi connectivity index (χ3v) is 3.79. The van der Waals surface area contributed by atoms with E-state index in [1.165, 1.54) is 5.69 Å². The summed E-state index contributed by atoms with van der Waals surface area (Å²) in [6, 6.07) is 5.86. The van der Waals surface area contributed by atoms with Gasteiger partial charge >= 0.3 is 0 Å². The van der Waals surface area contributed by atoms with Gasteiger partial charge in [0.1, 0.15) is 0 Å². The Morgan fingerprint density at radius 3 is 2.83 bits per heavy atom. The molecule has 0 saturated carbocycles. The molecular weight excluding hydrogens is 304 g/mol. The molecule has 0 aliphatic rings. The van der Waals surface area contributed by atoms with E-state index in [2.05, 4.69) is 49.9 Å². The molecule has 126 valence electrons. The van der Waals surface area contributed by atoms with Gasteiger partial charge in [-0.1, -0.05) is 0 Å². The zero-order chi connectivity index (χ0) is 16.9. The van der Waals surface area contributed by atoms with E-state index in [4.69, 9.17) is 4.42 Å². The van der Waals surface area contributed by atoms with Crippen LogP contribution in [0.5, 0.6) is 0 Å². The molecule has 0 bridgehead atoms. The van der Waals surface area contributed by atoms with Crippen LogP contribution in [-0.2, 0) is 13.1 Å². The summed E-state index contributed by atoms with van der Waals surface area (Å²) >= 11 is 0. The first-order chi connectivity index (χ1) is 11.6. The summed E-state index contributed by atoms with van der Waals surface area (Å²) in [6.45, 7) is 6.58. The molecule has 0 amide bonds. The average molecular weight is 326 g/mol. The van der Waals surface area contributed by atoms with Crippen LogP contribution in [0.15, 0.2) is 35.0 Å². The van der Waals surface area contributed by atoms with E-state index in [0.29, 0.717) is 18.3 Å². The average Bonchev–Trinajstić information content (AvgIpc) is 3.15. The minimum Gasteiger partial charge on any atom is -0.419 e. The summed E-state index contributed by atoms with van der Waals surface area (Å²) in [5.74, 6) is 1.12. The number of hydrogen-bond acceptors (Lipinski definition) is 6. The van der Waals surface area contributed by atoms with Crippen LogP contribution < -0.4 is 0 Å². The van der Waals surface area contributed by atoms with Crippen molar-refractivity contribution in [2.45, 2.75) is 33.4 Å². The molecule has 7 nitrogen and oxygen atoms in total. The van der Waals surface area contributed by atoms with Gasteiger partial charge in [-0.3, -0.25) is 14.6 Å². The van der Waals surface area contributed by atoms with Crippen molar-refractivity contribution in [3.05, 3.63) is 47.9 Å². The molecule has 3 heterocycles. The van der Waals surface area contributed by atoms with E-state index < -0.39 is 0 Å². The van der Waals surface area contributed by atoms with E-state index in [1.54, 1.807) is 12.4 Å². The number of hydrogen-bond donors (Lipinski definition) is 0. The first-order valence-electron chi connectivity index (χ1n) is 8.04. The summed E-state index contributed by atoms with van der Waals surface area (Å²) in [7, 11) is 2.05. The maximum Gasteiger partial charge on any atom is 0.249 e. The molecule has 0 unspecified atom stereocenters. The fourth-order valence-corrected chi connectivity index (χ4v) is 2.63. The van der Waals surface area contributed by atoms with E-state index in [0.717, 1.165) is 30.8 Å². The molecule has 0 saturated heterocycles. The van der Waals surface area contributed by atoms with Crippen LogP contribution in [0.4, 0.5) is 0 Å². The molecule has 0 fully saturated rings. The van der Waals surface area contributed by atoms with Gasteiger partial charge in [-0.05, 0) is 45.5 Å². The first kappa shape index (κ1) is 16.3. The van der Waals surface area contributed by atoms with Crippen LogP contribution in [-0.4, -0.2) is 43.5 Å². The topological polar surface area (TPSA) is 72.9 Å². The van der Waals surface area contributed by atoms with Crippen molar-refractivity contribution >= 4 is 0 Å². The van der Waals surface area contributed by atoms with Crippen LogP contribution in [0.3, 0.4) is 0 Å². The monoisotopic (exact) mass is 326 g/mol. The Kier molecular flexibility index (Phi) is 5.00. The Morgan fingerprint density at radius 2 is 2.12 bits per heavy atom. The normalized spacial score (nSPS) is 11.3. The number of aromatic nitrogens is 5. The molecule has 24 heavy (non-hydrogen) atoms. The summed E-state index contributed by atoms with van der Waals surface area (Å²) in [5.41, 5.74) is 3.10. The second kappa shape index (κ2) is 7.35. The summed E-state index contributed by atoms with van der Waals surface area (Å²) in [6.07, 6.45) is 4.45. The number of rotatable bonds is 7. The van der Waals surface area contributed by atoms with Gasteiger partial charge in [0.05, 0.1) is 17.8 Å². The highest BCUT2D eigenvalue weighted by Gasteiger charge is 2.10. The fraction of sp³-hybridized carbons (Fsp3) is 0.412. The Bertz CT molecular complexity index is 779. The third kappa shape index (κ3) is 4.05. The summed E-state index contributed by atoms with van der Waals surface area (Å²) in [4.78, 5) is 6.24. The van der Waals surface area contributed by atoms with Gasteiger partial charge in [0, 0.05) is 31.2 Å². The lowest BCUT2D eigenvalue weighted by molar-refractivity contribution is 0.279. The molecule has 0 aliphatic heterocycles. The molecule has 0 spiro atoms. The third-order valence-electron chi connectivity index (χ3n) is 3.79. The number of nitrogens with zero attached hydrogens (tertiary/aromatic N) is 6. The molecule has 0 aliphatic carbocycles. The molecule has 3 aromatic rings. The van der Waals surface area contributed by atoms with E-state index >= 15 is 0 Å². The van der Waals surface area contributed by atoms with Crippen LogP contribution in [0.2, 0.25) is 0 Å². The van der Waals surface area contributed by atoms with Crippen molar-refractivity contribution in [3.63, 3.8) is 0 Å². The van der Waals surface area contributed by atoms with Crippen molar-refractivity contribution in [3.8, 4) is 11.5 Å². The Labute approximate surface area is 141 Å². The lowest BCUT2D eigenvalue weighted by atomic mass is 10.3. The maximum absolute atomic E-state index is 5.71. The maximum atomic E-state index is 5.71. The quantitative estimate of drug-likeness (QED) is 0.664. The SMILES string of the molecule is Cc1cc(C)n(CCCN(C)Cc2nnc(-c3cccnc3)o2)n1. The van der Waals surface area contributed by atoms with Gasteiger partial charge in [0.15, 0.2) is 0 Å². The van der Waals surface area contributed by atoms with Crippen molar-refractivity contribution in [1.29, 1.82) is 0 Å². The van der Waals surface area contributed by atoms with Gasteiger partial charge in [-0.25, -0.2) is 0 Å². The Morgan fingerprint density at radius 1 is 1.25 bits per heavy atom. The van der Waals surface area contributed by atoms with E-state index in [-0.39, 0.29) is 0 Å². The van der Waals surface area contributed by atoms with Gasteiger partial charge in [-0.2, -0.15) is 5.10 Å². The summed E-state index contributed by atoms with van der Waals surface area (Å²) in [5, 5.41) is 12.7. The van der Waals surface area contributed by atoms with Crippen LogP contribution in [0.1, 0.15) is 23.7 Å². The zero-order valence-electron chi connectivity index (χ0n) is 14.3. The molecule has 0 radical (unpaired) electrons. The van der Waals surface area contributed by atoms with E-state index in [1.807, 2.05) is 19.1 Å².